The van der Waals surface area contributed by atoms with Crippen LogP contribution in [0.2, 0.25) is 0 Å². The second kappa shape index (κ2) is 6.96. The minimum Gasteiger partial charge on any atom is -0.361 e. The van der Waals surface area contributed by atoms with Gasteiger partial charge in [-0.25, -0.2) is 0 Å². The summed E-state index contributed by atoms with van der Waals surface area (Å²) in [7, 11) is 0. The molecular formula is C20H24N4O2. The van der Waals surface area contributed by atoms with Gasteiger partial charge in [0.15, 0.2) is 6.23 Å². The van der Waals surface area contributed by atoms with Gasteiger partial charge in [-0.15, -0.1) is 0 Å². The van der Waals surface area contributed by atoms with Gasteiger partial charge >= 0.3 is 0 Å². The van der Waals surface area contributed by atoms with Crippen LogP contribution in [0.15, 0.2) is 47.1 Å². The van der Waals surface area contributed by atoms with Gasteiger partial charge in [-0.1, -0.05) is 42.4 Å². The number of hydrogen-bond donors (Lipinski definition) is 1. The summed E-state index contributed by atoms with van der Waals surface area (Å²) in [5, 5.41) is 11.9. The lowest BCUT2D eigenvalue weighted by Gasteiger charge is -2.09. The Balaban J connectivity index is 1.30. The number of epoxide rings is 1. The summed E-state index contributed by atoms with van der Waals surface area (Å²) in [5.74, 6) is 2.15. The molecule has 2 aromatic heterocycles. The first-order chi connectivity index (χ1) is 12.6. The summed E-state index contributed by atoms with van der Waals surface area (Å²) in [4.78, 5) is 0. The van der Waals surface area contributed by atoms with E-state index in [0.29, 0.717) is 12.5 Å². The lowest BCUT2D eigenvalue weighted by Crippen LogP contribution is -2.10. The first kappa shape index (κ1) is 16.8. The molecule has 1 fully saturated rings. The minimum absolute atomic E-state index is 0.0450. The van der Waals surface area contributed by atoms with Crippen LogP contribution in [0.25, 0.3) is 0 Å². The highest BCUT2D eigenvalue weighted by atomic mass is 16.6. The average Bonchev–Trinajstić information content (AvgIpc) is 3.06. The fourth-order valence-electron chi connectivity index (χ4n) is 3.28. The molecule has 0 aliphatic carbocycles. The first-order valence-electron chi connectivity index (χ1n) is 9.02. The molecule has 0 saturated carbocycles. The Morgan fingerprint density at radius 1 is 1.19 bits per heavy atom. The third kappa shape index (κ3) is 3.65. The van der Waals surface area contributed by atoms with Crippen LogP contribution in [-0.4, -0.2) is 27.3 Å². The number of ether oxygens (including phenoxy) is 1. The van der Waals surface area contributed by atoms with Gasteiger partial charge in [0.1, 0.15) is 17.7 Å². The SMILES string of the molecule is Cc1noc(C)c1Cn1ccc(NC2OC2CC(C)c2ccccc2)n1. The van der Waals surface area contributed by atoms with Gasteiger partial charge < -0.3 is 14.6 Å². The monoisotopic (exact) mass is 352 g/mol. The standard InChI is InChI=1S/C20H24N4O2/c1-13(16-7-5-4-6-8-16)11-18-20(25-18)21-19-9-10-24(22-19)12-17-14(2)23-26-15(17)3/h4-10,13,18,20H,11-12H2,1-3H3,(H,21,22). The molecule has 4 rings (SSSR count). The van der Waals surface area contributed by atoms with E-state index < -0.39 is 0 Å². The van der Waals surface area contributed by atoms with E-state index in [9.17, 15) is 0 Å². The topological polar surface area (TPSA) is 68.4 Å². The summed E-state index contributed by atoms with van der Waals surface area (Å²) in [6, 6.07) is 12.5. The van der Waals surface area contributed by atoms with E-state index in [0.717, 1.165) is 29.3 Å². The molecule has 1 aliphatic rings. The van der Waals surface area contributed by atoms with Crippen molar-refractivity contribution in [3.05, 3.63) is 65.2 Å². The smallest absolute Gasteiger partial charge is 0.156 e. The van der Waals surface area contributed by atoms with Crippen molar-refractivity contribution in [2.75, 3.05) is 5.32 Å². The summed E-state index contributed by atoms with van der Waals surface area (Å²) >= 11 is 0. The number of rotatable bonds is 7. The Bertz CT molecular complexity index is 852. The Hall–Kier alpha value is -2.60. The van der Waals surface area contributed by atoms with E-state index >= 15 is 0 Å². The van der Waals surface area contributed by atoms with Crippen LogP contribution in [0.3, 0.4) is 0 Å². The molecule has 3 heterocycles. The Morgan fingerprint density at radius 3 is 2.73 bits per heavy atom. The van der Waals surface area contributed by atoms with Crippen molar-refractivity contribution in [2.24, 2.45) is 0 Å². The summed E-state index contributed by atoms with van der Waals surface area (Å²) in [6.45, 7) is 6.77. The van der Waals surface area contributed by atoms with Gasteiger partial charge in [0.25, 0.3) is 0 Å². The van der Waals surface area contributed by atoms with Gasteiger partial charge in [-0.3, -0.25) is 4.68 Å². The summed E-state index contributed by atoms with van der Waals surface area (Å²) < 4.78 is 12.9. The maximum Gasteiger partial charge on any atom is 0.156 e. The predicted molar refractivity (Wildman–Crippen MR) is 99.1 cm³/mol. The van der Waals surface area contributed by atoms with Crippen molar-refractivity contribution >= 4 is 5.82 Å². The second-order valence-electron chi connectivity index (χ2n) is 6.99. The zero-order valence-corrected chi connectivity index (χ0v) is 15.3. The molecular weight excluding hydrogens is 328 g/mol. The van der Waals surface area contributed by atoms with Crippen LogP contribution in [0, 0.1) is 13.8 Å². The van der Waals surface area contributed by atoms with E-state index in [1.165, 1.54) is 5.56 Å². The fraction of sp³-hybridized carbons (Fsp3) is 0.400. The molecule has 0 spiro atoms. The van der Waals surface area contributed by atoms with Crippen molar-refractivity contribution < 1.29 is 9.26 Å². The molecule has 3 unspecified atom stereocenters. The van der Waals surface area contributed by atoms with Gasteiger partial charge in [-0.05, 0) is 31.7 Å². The zero-order chi connectivity index (χ0) is 18.1. The number of hydrogen-bond acceptors (Lipinski definition) is 5. The predicted octanol–water partition coefficient (Wildman–Crippen LogP) is 3.87. The zero-order valence-electron chi connectivity index (χ0n) is 15.3. The van der Waals surface area contributed by atoms with Gasteiger partial charge in [0.05, 0.1) is 12.2 Å². The maximum atomic E-state index is 5.78. The van der Waals surface area contributed by atoms with E-state index in [1.54, 1.807) is 0 Å². The summed E-state index contributed by atoms with van der Waals surface area (Å²) in [5.41, 5.74) is 3.34. The van der Waals surface area contributed by atoms with Gasteiger partial charge in [0.2, 0.25) is 0 Å². The Kier molecular flexibility index (Phi) is 4.51. The van der Waals surface area contributed by atoms with Crippen LogP contribution < -0.4 is 5.32 Å². The third-order valence-electron chi connectivity index (χ3n) is 4.97. The van der Waals surface area contributed by atoms with Crippen molar-refractivity contribution in [3.8, 4) is 0 Å². The van der Waals surface area contributed by atoms with Crippen LogP contribution in [0.5, 0.6) is 0 Å². The minimum atomic E-state index is 0.0450. The summed E-state index contributed by atoms with van der Waals surface area (Å²) in [6.07, 6.45) is 3.24. The van der Waals surface area contributed by atoms with E-state index in [4.69, 9.17) is 9.26 Å². The van der Waals surface area contributed by atoms with Gasteiger partial charge in [-0.2, -0.15) is 5.10 Å². The largest absolute Gasteiger partial charge is 0.361 e. The molecule has 136 valence electrons. The first-order valence-corrected chi connectivity index (χ1v) is 9.02. The highest BCUT2D eigenvalue weighted by molar-refractivity contribution is 5.35. The molecule has 26 heavy (non-hydrogen) atoms. The number of aromatic nitrogens is 3. The highest BCUT2D eigenvalue weighted by Crippen LogP contribution is 2.33. The normalized spacial score (nSPS) is 20.1. The molecule has 0 bridgehead atoms. The molecule has 0 radical (unpaired) electrons. The lowest BCUT2D eigenvalue weighted by molar-refractivity contribution is 0.364. The molecule has 3 atom stereocenters. The van der Waals surface area contributed by atoms with E-state index in [-0.39, 0.29) is 12.3 Å². The number of anilines is 1. The average molecular weight is 352 g/mol. The van der Waals surface area contributed by atoms with Crippen LogP contribution in [-0.2, 0) is 11.3 Å². The molecule has 1 aliphatic heterocycles. The Morgan fingerprint density at radius 2 is 2.00 bits per heavy atom. The molecule has 1 aromatic carbocycles. The highest BCUT2D eigenvalue weighted by Gasteiger charge is 2.40. The second-order valence-corrected chi connectivity index (χ2v) is 6.99. The molecule has 1 N–H and O–H groups in total. The molecule has 0 amide bonds. The maximum absolute atomic E-state index is 5.78. The van der Waals surface area contributed by atoms with Gasteiger partial charge in [0, 0.05) is 17.8 Å². The Labute approximate surface area is 153 Å². The molecule has 6 nitrogen and oxygen atoms in total. The lowest BCUT2D eigenvalue weighted by atomic mass is 9.96. The quantitative estimate of drug-likeness (QED) is 0.654. The van der Waals surface area contributed by atoms with E-state index in [2.05, 4.69) is 46.8 Å². The van der Waals surface area contributed by atoms with Crippen LogP contribution >= 0.6 is 0 Å². The molecule has 1 saturated heterocycles. The van der Waals surface area contributed by atoms with Crippen LogP contribution in [0.1, 0.15) is 41.8 Å². The number of aryl methyl sites for hydroxylation is 2. The van der Waals surface area contributed by atoms with Crippen molar-refractivity contribution in [1.82, 2.24) is 14.9 Å². The number of nitrogens with one attached hydrogen (secondary N) is 1. The molecule has 6 heteroatoms. The fourth-order valence-corrected chi connectivity index (χ4v) is 3.28. The number of benzene rings is 1. The van der Waals surface area contributed by atoms with Crippen molar-refractivity contribution in [1.29, 1.82) is 0 Å². The third-order valence-corrected chi connectivity index (χ3v) is 4.97. The van der Waals surface area contributed by atoms with Crippen molar-refractivity contribution in [2.45, 2.75) is 52.0 Å². The van der Waals surface area contributed by atoms with Crippen LogP contribution in [0.4, 0.5) is 5.82 Å². The molecule has 3 aromatic rings. The number of nitrogens with zero attached hydrogens (tertiary/aromatic N) is 3. The van der Waals surface area contributed by atoms with E-state index in [1.807, 2.05) is 36.9 Å². The van der Waals surface area contributed by atoms with Crippen molar-refractivity contribution in [3.63, 3.8) is 0 Å².